The summed E-state index contributed by atoms with van der Waals surface area (Å²) in [6, 6.07) is 4.67. The Morgan fingerprint density at radius 3 is 2.62 bits per heavy atom. The van der Waals surface area contributed by atoms with Gasteiger partial charge in [-0.3, -0.25) is 4.79 Å². The summed E-state index contributed by atoms with van der Waals surface area (Å²) in [6.45, 7) is 8.37. The number of rotatable bonds is 4. The van der Waals surface area contributed by atoms with E-state index in [0.717, 1.165) is 11.3 Å². The maximum Gasteiger partial charge on any atom is 0.278 e. The number of nitriles is 1. The third-order valence-corrected chi connectivity index (χ3v) is 5.12. The van der Waals surface area contributed by atoms with Crippen molar-refractivity contribution in [2.45, 2.75) is 58.4 Å². The van der Waals surface area contributed by atoms with Crippen molar-refractivity contribution in [2.75, 3.05) is 0 Å². The molecule has 0 unspecified atom stereocenters. The normalized spacial score (nSPS) is 14.5. The van der Waals surface area contributed by atoms with Gasteiger partial charge in [0.15, 0.2) is 5.65 Å². The van der Waals surface area contributed by atoms with E-state index < -0.39 is 0 Å². The second kappa shape index (κ2) is 5.87. The molecule has 1 aliphatic rings. The number of H-pyrrole nitrogens is 1. The van der Waals surface area contributed by atoms with Gasteiger partial charge in [-0.05, 0) is 44.6 Å². The molecule has 1 aliphatic carbocycles. The molecule has 134 valence electrons. The molecule has 3 aromatic heterocycles. The predicted octanol–water partition coefficient (Wildman–Crippen LogP) is 3.94. The number of hydrogen-bond donors (Lipinski definition) is 1. The van der Waals surface area contributed by atoms with Crippen LogP contribution in [0.1, 0.15) is 75.2 Å². The van der Waals surface area contributed by atoms with Crippen LogP contribution in [0, 0.1) is 11.3 Å². The van der Waals surface area contributed by atoms with Crippen molar-refractivity contribution in [3.63, 3.8) is 0 Å². The van der Waals surface area contributed by atoms with Gasteiger partial charge in [0.25, 0.3) is 5.56 Å². The minimum atomic E-state index is -0.157. The topological polar surface area (TPSA) is 78.9 Å². The largest absolute Gasteiger partial charge is 0.348 e. The molecular weight excluding hydrogens is 326 g/mol. The van der Waals surface area contributed by atoms with Crippen molar-refractivity contribution in [3.05, 3.63) is 45.6 Å². The zero-order valence-electron chi connectivity index (χ0n) is 15.6. The van der Waals surface area contributed by atoms with Gasteiger partial charge in [0.05, 0.1) is 11.9 Å². The van der Waals surface area contributed by atoms with Crippen LogP contribution >= 0.6 is 0 Å². The molecule has 0 atom stereocenters. The van der Waals surface area contributed by atoms with Crippen LogP contribution in [0.4, 0.5) is 0 Å². The molecule has 1 fully saturated rings. The van der Waals surface area contributed by atoms with Crippen LogP contribution < -0.4 is 5.56 Å². The third-order valence-electron chi connectivity index (χ3n) is 5.12. The highest BCUT2D eigenvalue weighted by Crippen LogP contribution is 2.43. The molecule has 6 heteroatoms. The Hall–Kier alpha value is -2.81. The van der Waals surface area contributed by atoms with Crippen molar-refractivity contribution >= 4 is 5.65 Å². The lowest BCUT2D eigenvalue weighted by atomic mass is 9.99. The molecule has 3 aromatic rings. The number of fused-ring (bicyclic) bond motifs is 1. The van der Waals surface area contributed by atoms with Crippen LogP contribution in [-0.4, -0.2) is 19.2 Å². The monoisotopic (exact) mass is 349 g/mol. The Kier molecular flexibility index (Phi) is 3.76. The minimum absolute atomic E-state index is 0.0414. The summed E-state index contributed by atoms with van der Waals surface area (Å²) >= 11 is 0. The Balaban J connectivity index is 2.02. The Morgan fingerprint density at radius 1 is 1.31 bits per heavy atom. The fourth-order valence-corrected chi connectivity index (χ4v) is 3.66. The summed E-state index contributed by atoms with van der Waals surface area (Å²) in [7, 11) is 0. The van der Waals surface area contributed by atoms with Crippen LogP contribution in [0.3, 0.4) is 0 Å². The van der Waals surface area contributed by atoms with E-state index in [9.17, 15) is 10.1 Å². The molecule has 6 nitrogen and oxygen atoms in total. The molecule has 26 heavy (non-hydrogen) atoms. The molecule has 4 rings (SSSR count). The molecule has 0 radical (unpaired) electrons. The second-order valence-corrected chi connectivity index (χ2v) is 7.73. The molecule has 0 aromatic carbocycles. The highest BCUT2D eigenvalue weighted by Gasteiger charge is 2.29. The van der Waals surface area contributed by atoms with Gasteiger partial charge in [-0.1, -0.05) is 13.8 Å². The minimum Gasteiger partial charge on any atom is -0.348 e. The van der Waals surface area contributed by atoms with Crippen LogP contribution in [0.2, 0.25) is 0 Å². The molecule has 0 spiro atoms. The summed E-state index contributed by atoms with van der Waals surface area (Å²) in [5.74, 6) is 0.661. The lowest BCUT2D eigenvalue weighted by Gasteiger charge is -2.13. The average Bonchev–Trinajstić information content (AvgIpc) is 3.19. The van der Waals surface area contributed by atoms with Crippen LogP contribution in [0.25, 0.3) is 16.9 Å². The first kappa shape index (κ1) is 16.6. The van der Waals surface area contributed by atoms with Crippen LogP contribution in [-0.2, 0) is 0 Å². The quantitative estimate of drug-likeness (QED) is 0.775. The first-order chi connectivity index (χ1) is 12.4. The number of aromatic amines is 1. The average molecular weight is 349 g/mol. The highest BCUT2D eigenvalue weighted by molar-refractivity contribution is 5.68. The van der Waals surface area contributed by atoms with Crippen molar-refractivity contribution in [1.29, 1.82) is 5.26 Å². The highest BCUT2D eigenvalue weighted by atomic mass is 16.1. The maximum absolute atomic E-state index is 13.0. The van der Waals surface area contributed by atoms with Crippen molar-refractivity contribution in [3.8, 4) is 17.3 Å². The van der Waals surface area contributed by atoms with E-state index in [2.05, 4.69) is 46.8 Å². The van der Waals surface area contributed by atoms with Gasteiger partial charge >= 0.3 is 0 Å². The second-order valence-electron chi connectivity index (χ2n) is 7.73. The van der Waals surface area contributed by atoms with E-state index in [1.165, 1.54) is 29.2 Å². The maximum atomic E-state index is 13.0. The van der Waals surface area contributed by atoms with E-state index in [4.69, 9.17) is 0 Å². The van der Waals surface area contributed by atoms with Gasteiger partial charge in [-0.2, -0.15) is 14.9 Å². The SMILES string of the molecule is CC(C)c1c(-c2cc(C3CC3)n(C(C)C)c2)[nH]c2c(C#N)cnn2c1=O. The van der Waals surface area contributed by atoms with Gasteiger partial charge in [-0.25, -0.2) is 0 Å². The lowest BCUT2D eigenvalue weighted by Crippen LogP contribution is -2.22. The van der Waals surface area contributed by atoms with Gasteiger partial charge in [0, 0.05) is 29.1 Å². The van der Waals surface area contributed by atoms with Gasteiger partial charge in [0.2, 0.25) is 0 Å². The summed E-state index contributed by atoms with van der Waals surface area (Å²) in [5.41, 5.74) is 4.53. The number of nitrogens with one attached hydrogen (secondary N) is 1. The fourth-order valence-electron chi connectivity index (χ4n) is 3.66. The van der Waals surface area contributed by atoms with E-state index in [-0.39, 0.29) is 11.5 Å². The molecule has 0 bridgehead atoms. The molecular formula is C20H23N5O. The van der Waals surface area contributed by atoms with Gasteiger partial charge in [-0.15, -0.1) is 0 Å². The predicted molar refractivity (Wildman–Crippen MR) is 100 cm³/mol. The Bertz CT molecular complexity index is 1070. The zero-order chi connectivity index (χ0) is 18.6. The Morgan fingerprint density at radius 2 is 2.04 bits per heavy atom. The number of aromatic nitrogens is 4. The first-order valence-electron chi connectivity index (χ1n) is 9.18. The summed E-state index contributed by atoms with van der Waals surface area (Å²) < 4.78 is 3.61. The standard InChI is InChI=1S/C20H23N5O/c1-11(2)17-18(23-19-15(8-21)9-22-25(19)20(17)26)14-7-16(13-5-6-13)24(10-14)12(3)4/h7,9-13,23H,5-6H2,1-4H3. The van der Waals surface area contributed by atoms with Crippen LogP contribution in [0.5, 0.6) is 0 Å². The van der Waals surface area contributed by atoms with E-state index in [1.807, 2.05) is 13.8 Å². The molecule has 1 N–H and O–H groups in total. The zero-order valence-corrected chi connectivity index (χ0v) is 15.6. The summed E-state index contributed by atoms with van der Waals surface area (Å²) in [6.07, 6.45) is 6.03. The molecule has 0 aliphatic heterocycles. The van der Waals surface area contributed by atoms with Gasteiger partial charge in [0.1, 0.15) is 11.6 Å². The molecule has 0 amide bonds. The van der Waals surface area contributed by atoms with Crippen molar-refractivity contribution in [2.24, 2.45) is 0 Å². The third kappa shape index (κ3) is 2.47. The van der Waals surface area contributed by atoms with Crippen molar-refractivity contribution in [1.82, 2.24) is 19.2 Å². The van der Waals surface area contributed by atoms with E-state index >= 15 is 0 Å². The summed E-state index contributed by atoms with van der Waals surface area (Å²) in [5, 5.41) is 13.4. The Labute approximate surface area is 152 Å². The van der Waals surface area contributed by atoms with E-state index in [1.54, 1.807) is 0 Å². The molecule has 1 saturated carbocycles. The lowest BCUT2D eigenvalue weighted by molar-refractivity contribution is 0.577. The number of hydrogen-bond acceptors (Lipinski definition) is 3. The summed E-state index contributed by atoms with van der Waals surface area (Å²) in [4.78, 5) is 16.4. The van der Waals surface area contributed by atoms with E-state index in [0.29, 0.717) is 28.7 Å². The fraction of sp³-hybridized carbons (Fsp3) is 0.450. The smallest absolute Gasteiger partial charge is 0.278 e. The first-order valence-corrected chi connectivity index (χ1v) is 9.18. The van der Waals surface area contributed by atoms with Gasteiger partial charge < -0.3 is 9.55 Å². The van der Waals surface area contributed by atoms with Crippen molar-refractivity contribution < 1.29 is 0 Å². The molecule has 3 heterocycles. The number of nitrogens with zero attached hydrogens (tertiary/aromatic N) is 4. The molecule has 0 saturated heterocycles. The van der Waals surface area contributed by atoms with Crippen LogP contribution in [0.15, 0.2) is 23.3 Å².